The normalized spacial score (nSPS) is 12.2. The number of rotatable bonds is 26. The Morgan fingerprint density at radius 2 is 0.750 bits per heavy atom. The molecule has 0 fully saturated rings. The highest BCUT2D eigenvalue weighted by Crippen LogP contribution is 2.50. The first-order chi connectivity index (χ1) is 25.0. The monoisotopic (exact) mass is 770 g/mol. The number of aliphatic hydroxyl groups excluding tert-OH is 3. The van der Waals surface area contributed by atoms with Crippen LogP contribution < -0.4 is 0 Å². The van der Waals surface area contributed by atoms with Crippen LogP contribution in [0.2, 0.25) is 0 Å². The quantitative estimate of drug-likeness (QED) is 0.0438. The Bertz CT molecular complexity index is 1160. The van der Waals surface area contributed by atoms with Gasteiger partial charge in [0.15, 0.2) is 0 Å². The summed E-state index contributed by atoms with van der Waals surface area (Å²) in [5, 5.41) is 46.7. The number of benzene rings is 2. The van der Waals surface area contributed by atoms with Crippen LogP contribution in [-0.2, 0) is 48.4 Å². The number of aryl methyl sites for hydroxylation is 2. The fourth-order valence-corrected chi connectivity index (χ4v) is 7.77. The molecule has 0 aliphatic heterocycles. The van der Waals surface area contributed by atoms with E-state index < -0.39 is 48.0 Å². The lowest BCUT2D eigenvalue weighted by molar-refractivity contribution is -0.136. The van der Waals surface area contributed by atoms with Gasteiger partial charge >= 0.3 is 17.2 Å². The zero-order chi connectivity index (χ0) is 39.2. The van der Waals surface area contributed by atoms with Crippen LogP contribution in [0.3, 0.4) is 0 Å². The molecule has 0 atom stereocenters. The van der Waals surface area contributed by atoms with Crippen LogP contribution in [0, 0.1) is 5.41 Å². The Balaban J connectivity index is 0.00000174. The first-order valence-electron chi connectivity index (χ1n) is 19.8. The highest BCUT2D eigenvalue weighted by molar-refractivity contribution is 7.53. The molecule has 0 bridgehead atoms. The molecule has 0 radical (unpaired) electrons. The van der Waals surface area contributed by atoms with E-state index in [4.69, 9.17) is 19.6 Å². The minimum Gasteiger partial charge on any atom is -0.395 e. The largest absolute Gasteiger partial charge is 0.395 e. The molecule has 8 N–H and O–H groups in total. The van der Waals surface area contributed by atoms with Crippen LogP contribution in [0.5, 0.6) is 0 Å². The predicted molar refractivity (Wildman–Crippen MR) is 215 cm³/mol. The minimum atomic E-state index is -2.61. The molecule has 0 aliphatic rings. The summed E-state index contributed by atoms with van der Waals surface area (Å²) in [7, 11) is -5.22. The van der Waals surface area contributed by atoms with Crippen LogP contribution >= 0.6 is 17.2 Å². The third-order valence-corrected chi connectivity index (χ3v) is 11.5. The highest BCUT2D eigenvalue weighted by Gasteiger charge is 2.54. The van der Waals surface area contributed by atoms with E-state index in [0.29, 0.717) is 0 Å². The van der Waals surface area contributed by atoms with Gasteiger partial charge in [-0.1, -0.05) is 104 Å². The van der Waals surface area contributed by atoms with Gasteiger partial charge in [-0.05, 0) is 122 Å². The van der Waals surface area contributed by atoms with E-state index in [1.807, 2.05) is 0 Å². The van der Waals surface area contributed by atoms with Gasteiger partial charge in [0.25, 0.3) is 0 Å². The van der Waals surface area contributed by atoms with Crippen molar-refractivity contribution in [2.24, 2.45) is 5.41 Å². The summed E-state index contributed by atoms with van der Waals surface area (Å²) >= 11 is 0. The molecule has 0 heterocycles. The van der Waals surface area contributed by atoms with Crippen LogP contribution in [0.25, 0.3) is 0 Å². The lowest BCUT2D eigenvalue weighted by Gasteiger charge is -2.47. The Hall–Kier alpha value is -1.06. The van der Waals surface area contributed by atoms with Crippen molar-refractivity contribution in [3.8, 4) is 0 Å². The number of unbranched alkanes of at least 4 members (excludes halogenated alkanes) is 6. The third kappa shape index (κ3) is 13.6. The Morgan fingerprint density at radius 3 is 1.00 bits per heavy atom. The lowest BCUT2D eigenvalue weighted by Crippen LogP contribution is -2.55. The molecule has 0 saturated heterocycles. The lowest BCUT2D eigenvalue weighted by atomic mass is 9.62. The second kappa shape index (κ2) is 26.7. The van der Waals surface area contributed by atoms with E-state index in [0.717, 1.165) is 138 Å². The summed E-state index contributed by atoms with van der Waals surface area (Å²) in [6.07, 6.45) is 18.4. The van der Waals surface area contributed by atoms with E-state index in [1.165, 1.54) is 22.3 Å². The number of aliphatic hydroxyl groups is 4. The second-order valence-electron chi connectivity index (χ2n) is 14.1. The molecule has 0 spiro atoms. The summed E-state index contributed by atoms with van der Waals surface area (Å²) in [6.45, 7) is 11.7. The zero-order valence-corrected chi connectivity index (χ0v) is 34.8. The van der Waals surface area contributed by atoms with Gasteiger partial charge in [0.2, 0.25) is 0 Å². The van der Waals surface area contributed by atoms with Crippen molar-refractivity contribution in [1.82, 2.24) is 0 Å². The average Bonchev–Trinajstić information content (AvgIpc) is 3.13. The highest BCUT2D eigenvalue weighted by atomic mass is 31.2. The van der Waals surface area contributed by atoms with Crippen molar-refractivity contribution in [3.63, 3.8) is 0 Å². The van der Waals surface area contributed by atoms with Crippen LogP contribution in [-0.4, -0.2) is 59.8 Å². The van der Waals surface area contributed by atoms with Crippen LogP contribution in [0.1, 0.15) is 163 Å². The molecule has 300 valence electrons. The van der Waals surface area contributed by atoms with Gasteiger partial charge in [-0.25, -0.2) is 4.31 Å². The topological polar surface area (TPSA) is 171 Å². The summed E-state index contributed by atoms with van der Waals surface area (Å²) in [5.74, 6) is 0. The molecule has 0 unspecified atom stereocenters. The molecule has 0 aliphatic carbocycles. The van der Waals surface area contributed by atoms with Gasteiger partial charge in [-0.3, -0.25) is 0 Å². The summed E-state index contributed by atoms with van der Waals surface area (Å²) in [4.78, 5) is 31.3. The molecule has 52 heavy (non-hydrogen) atoms. The molecule has 9 nitrogen and oxygen atoms in total. The fraction of sp³-hybridized carbons (Fsp3) is 0.707. The molecule has 11 heteroatoms. The van der Waals surface area contributed by atoms with Gasteiger partial charge in [0.05, 0.1) is 25.2 Å². The van der Waals surface area contributed by atoms with Crippen LogP contribution in [0.4, 0.5) is 0 Å². The van der Waals surface area contributed by atoms with Crippen molar-refractivity contribution in [3.05, 3.63) is 68.8 Å². The van der Waals surface area contributed by atoms with Crippen molar-refractivity contribution >= 4 is 17.2 Å². The minimum absolute atomic E-state index is 0.527. The standard InChI is InChI=1S/C41H68O4.H4O5P2/c1-7-13-19-32-25-27-38(36(23-17-11-5)34(32)21-15-9-3)41(45,40(29-42,30-43)31-44)39-28-26-33(20-14-8-2)35(22-16-10-4)37(39)24-18-12-6;1-6(2)5-7(3)4/h25-28,42-45H,7-24,29-31H2,1-6H3;1-4H. The van der Waals surface area contributed by atoms with E-state index in [1.54, 1.807) is 0 Å². The van der Waals surface area contributed by atoms with Gasteiger partial charge in [-0.15, -0.1) is 0 Å². The summed E-state index contributed by atoms with van der Waals surface area (Å²) in [6, 6.07) is 8.57. The summed E-state index contributed by atoms with van der Waals surface area (Å²) in [5.41, 5.74) is 5.89. The van der Waals surface area contributed by atoms with E-state index >= 15 is 0 Å². The molecule has 2 rings (SSSR count). The van der Waals surface area contributed by atoms with E-state index in [9.17, 15) is 20.4 Å². The van der Waals surface area contributed by atoms with E-state index in [2.05, 4.69) is 70.1 Å². The molecule has 2 aromatic rings. The maximum atomic E-state index is 13.6. The number of hydrogen-bond acceptors (Lipinski definition) is 9. The van der Waals surface area contributed by atoms with Crippen molar-refractivity contribution < 1.29 is 44.3 Å². The smallest absolute Gasteiger partial charge is 0.334 e. The SMILES string of the molecule is CCCCc1ccc(C(O)(c2ccc(CCCC)c(CCCC)c2CCCC)C(CO)(CO)CO)c(CCCC)c1CCCC.OP(O)OP(O)O. The van der Waals surface area contributed by atoms with Gasteiger partial charge in [-0.2, -0.15) is 0 Å². The number of hydrogen-bond donors (Lipinski definition) is 8. The second-order valence-corrected chi connectivity index (χ2v) is 15.8. The molecule has 0 saturated carbocycles. The molecule has 0 aromatic heterocycles. The summed E-state index contributed by atoms with van der Waals surface area (Å²) < 4.78 is 3.60. The van der Waals surface area contributed by atoms with Gasteiger partial charge < -0.3 is 40.0 Å². The molecular weight excluding hydrogens is 698 g/mol. The Morgan fingerprint density at radius 1 is 0.462 bits per heavy atom. The van der Waals surface area contributed by atoms with Gasteiger partial charge in [0, 0.05) is 0 Å². The van der Waals surface area contributed by atoms with Crippen molar-refractivity contribution in [2.75, 3.05) is 19.8 Å². The van der Waals surface area contributed by atoms with Crippen molar-refractivity contribution in [1.29, 1.82) is 0 Å². The molecule has 0 amide bonds. The molecular formula is C41H72O9P2. The first kappa shape index (κ1) is 49.0. The Kier molecular flexibility index (Phi) is 25.1. The van der Waals surface area contributed by atoms with Gasteiger partial charge in [0.1, 0.15) is 5.60 Å². The van der Waals surface area contributed by atoms with Crippen molar-refractivity contribution in [2.45, 2.75) is 163 Å². The Labute approximate surface area is 317 Å². The first-order valence-corrected chi connectivity index (χ1v) is 22.2. The van der Waals surface area contributed by atoms with Crippen LogP contribution in [0.15, 0.2) is 24.3 Å². The average molecular weight is 771 g/mol. The maximum absolute atomic E-state index is 13.6. The van der Waals surface area contributed by atoms with E-state index in [-0.39, 0.29) is 0 Å². The predicted octanol–water partition coefficient (Wildman–Crippen LogP) is 8.37. The fourth-order valence-electron chi connectivity index (χ4n) is 7.25. The zero-order valence-electron chi connectivity index (χ0n) is 33.0. The molecule has 2 aromatic carbocycles. The maximum Gasteiger partial charge on any atom is 0.334 e. The third-order valence-electron chi connectivity index (χ3n) is 10.4.